The van der Waals surface area contributed by atoms with Crippen molar-refractivity contribution >= 4 is 11.6 Å². The van der Waals surface area contributed by atoms with Crippen molar-refractivity contribution in [3.05, 3.63) is 0 Å². The summed E-state index contributed by atoms with van der Waals surface area (Å²) in [6, 6.07) is 0. The normalized spacial score (nSPS) is 43.7. The predicted octanol–water partition coefficient (Wildman–Crippen LogP) is 4.02. The highest BCUT2D eigenvalue weighted by molar-refractivity contribution is 5.83. The number of hydrogen-bond donors (Lipinski definition) is 0. The van der Waals surface area contributed by atoms with Gasteiger partial charge in [-0.25, -0.2) is 0 Å². The van der Waals surface area contributed by atoms with Crippen molar-refractivity contribution < 1.29 is 9.59 Å². The van der Waals surface area contributed by atoms with Gasteiger partial charge in [0.1, 0.15) is 11.6 Å². The van der Waals surface area contributed by atoms with Crippen LogP contribution in [0, 0.1) is 35.5 Å². The van der Waals surface area contributed by atoms with Crippen LogP contribution in [0.3, 0.4) is 0 Å². The molecule has 0 heterocycles. The summed E-state index contributed by atoms with van der Waals surface area (Å²) in [5.41, 5.74) is 0. The Morgan fingerprint density at radius 3 is 1.25 bits per heavy atom. The minimum absolute atomic E-state index is 0.516. The Kier molecular flexibility index (Phi) is 4.01. The number of rotatable bonds is 4. The molecule has 4 saturated carbocycles. The van der Waals surface area contributed by atoms with E-state index in [0.717, 1.165) is 61.2 Å². The van der Waals surface area contributed by atoms with Gasteiger partial charge in [0.05, 0.1) is 0 Å². The minimum atomic E-state index is 0.516. The van der Waals surface area contributed by atoms with Crippen LogP contribution >= 0.6 is 0 Å². The van der Waals surface area contributed by atoms with Crippen LogP contribution in [0.2, 0.25) is 0 Å². The van der Waals surface area contributed by atoms with Crippen molar-refractivity contribution in [2.24, 2.45) is 35.5 Å². The molecule has 0 radical (unpaired) electrons. The van der Waals surface area contributed by atoms with Crippen molar-refractivity contribution in [1.82, 2.24) is 0 Å². The lowest BCUT2D eigenvalue weighted by Crippen LogP contribution is -1.97. The number of carbonyl (C=O) groups excluding carboxylic acids is 2. The molecule has 0 aromatic rings. The van der Waals surface area contributed by atoms with E-state index in [1.807, 2.05) is 0 Å². The number of fused-ring (bicyclic) bond motifs is 2. The lowest BCUT2D eigenvalue weighted by atomic mass is 10.1. The van der Waals surface area contributed by atoms with Crippen LogP contribution in [0.5, 0.6) is 0 Å². The summed E-state index contributed by atoms with van der Waals surface area (Å²) >= 11 is 0. The third-order valence-electron chi connectivity index (χ3n) is 6.12. The molecule has 0 aliphatic heterocycles. The van der Waals surface area contributed by atoms with Gasteiger partial charge in [0.25, 0.3) is 0 Å². The number of ketones is 2. The Morgan fingerprint density at radius 1 is 0.700 bits per heavy atom. The summed E-state index contributed by atoms with van der Waals surface area (Å²) < 4.78 is 0. The van der Waals surface area contributed by atoms with Crippen LogP contribution in [0.1, 0.15) is 65.2 Å². The molecule has 2 unspecified atom stereocenters. The average Bonchev–Trinajstić information content (AvgIpc) is 3.08. The summed E-state index contributed by atoms with van der Waals surface area (Å²) in [7, 11) is 0. The Balaban J connectivity index is 0.000000121. The van der Waals surface area contributed by atoms with Crippen LogP contribution in [0.15, 0.2) is 0 Å². The third kappa shape index (κ3) is 2.71. The molecule has 0 bridgehead atoms. The molecule has 2 nitrogen and oxygen atoms in total. The average molecular weight is 276 g/mol. The van der Waals surface area contributed by atoms with Gasteiger partial charge in [-0.05, 0) is 35.5 Å². The lowest BCUT2D eigenvalue weighted by molar-refractivity contribution is -0.119. The van der Waals surface area contributed by atoms with Crippen LogP contribution in [-0.2, 0) is 9.59 Å². The maximum Gasteiger partial charge on any atom is 0.133 e. The van der Waals surface area contributed by atoms with E-state index in [-0.39, 0.29) is 0 Å². The fraction of sp³-hybridized carbons (Fsp3) is 0.889. The second-order valence-corrected chi connectivity index (χ2v) is 7.45. The molecule has 20 heavy (non-hydrogen) atoms. The summed E-state index contributed by atoms with van der Waals surface area (Å²) in [6.45, 7) is 4.46. The fourth-order valence-electron chi connectivity index (χ4n) is 5.00. The minimum Gasteiger partial charge on any atom is -0.300 e. The topological polar surface area (TPSA) is 34.1 Å². The third-order valence-corrected chi connectivity index (χ3v) is 6.12. The number of hydrogen-bond acceptors (Lipinski definition) is 2. The molecule has 4 rings (SSSR count). The van der Waals surface area contributed by atoms with Crippen LogP contribution in [-0.4, -0.2) is 11.6 Å². The van der Waals surface area contributed by atoms with E-state index in [1.54, 1.807) is 0 Å². The maximum absolute atomic E-state index is 10.8. The number of carbonyl (C=O) groups is 2. The quantitative estimate of drug-likeness (QED) is 0.777. The molecular weight excluding hydrogens is 248 g/mol. The summed E-state index contributed by atoms with van der Waals surface area (Å²) in [5.74, 6) is 6.23. The van der Waals surface area contributed by atoms with E-state index in [2.05, 4.69) is 13.8 Å². The summed E-state index contributed by atoms with van der Waals surface area (Å²) in [5, 5.41) is 0. The van der Waals surface area contributed by atoms with E-state index in [0.29, 0.717) is 11.6 Å². The molecule has 6 atom stereocenters. The fourth-order valence-corrected chi connectivity index (χ4v) is 5.00. The zero-order valence-corrected chi connectivity index (χ0v) is 12.9. The largest absolute Gasteiger partial charge is 0.300 e. The molecular formula is C18H28O2. The zero-order chi connectivity index (χ0) is 14.3. The smallest absolute Gasteiger partial charge is 0.133 e. The first-order chi connectivity index (χ1) is 9.65. The first-order valence-corrected chi connectivity index (χ1v) is 8.69. The van der Waals surface area contributed by atoms with Gasteiger partial charge in [0.2, 0.25) is 0 Å². The molecule has 0 saturated heterocycles. The molecule has 4 aliphatic carbocycles. The van der Waals surface area contributed by atoms with Crippen LogP contribution in [0.4, 0.5) is 0 Å². The zero-order valence-electron chi connectivity index (χ0n) is 12.9. The lowest BCUT2D eigenvalue weighted by Gasteiger charge is -1.97. The summed E-state index contributed by atoms with van der Waals surface area (Å²) in [6.07, 6.45) is 8.97. The van der Waals surface area contributed by atoms with Crippen LogP contribution < -0.4 is 0 Å². The Bertz CT molecular complexity index is 334. The van der Waals surface area contributed by atoms with E-state index < -0.39 is 0 Å². The predicted molar refractivity (Wildman–Crippen MR) is 79.2 cm³/mol. The van der Waals surface area contributed by atoms with Crippen molar-refractivity contribution in [2.45, 2.75) is 65.2 Å². The molecule has 0 aromatic heterocycles. The molecule has 0 N–H and O–H groups in total. The van der Waals surface area contributed by atoms with Gasteiger partial charge in [-0.15, -0.1) is 0 Å². The van der Waals surface area contributed by atoms with Gasteiger partial charge < -0.3 is 0 Å². The first kappa shape index (κ1) is 14.3. The van der Waals surface area contributed by atoms with Gasteiger partial charge in [-0.1, -0.05) is 39.5 Å². The Hall–Kier alpha value is -0.660. The van der Waals surface area contributed by atoms with Crippen molar-refractivity contribution in [3.63, 3.8) is 0 Å². The number of Topliss-reactive ketones (excluding diaryl/α,β-unsaturated/α-hetero) is 2. The van der Waals surface area contributed by atoms with Gasteiger partial charge in [0.15, 0.2) is 0 Å². The van der Waals surface area contributed by atoms with Gasteiger partial charge >= 0.3 is 0 Å². The second kappa shape index (κ2) is 5.61. The van der Waals surface area contributed by atoms with Crippen LogP contribution in [0.25, 0.3) is 0 Å². The van der Waals surface area contributed by atoms with Gasteiger partial charge in [-0.3, -0.25) is 9.59 Å². The SMILES string of the molecule is CCCC1[C@H]2CC(=O)C[C@@H]12.CCCC1[C@H]2CC(=O)C[C@@H]12. The molecule has 0 spiro atoms. The first-order valence-electron chi connectivity index (χ1n) is 8.69. The Morgan fingerprint density at radius 2 is 1.00 bits per heavy atom. The Labute approximate surface area is 122 Å². The maximum atomic E-state index is 10.8. The highest BCUT2D eigenvalue weighted by Gasteiger charge is 2.55. The van der Waals surface area contributed by atoms with Crippen molar-refractivity contribution in [3.8, 4) is 0 Å². The highest BCUT2D eigenvalue weighted by atomic mass is 16.1. The standard InChI is InChI=1S/2C9H14O/c2*1-2-3-7-8-4-6(10)5-9(7)8/h2*7-9H,2-5H2,1H3/t2*7?,8-,9+. The van der Waals surface area contributed by atoms with E-state index in [1.165, 1.54) is 25.7 Å². The van der Waals surface area contributed by atoms with E-state index in [4.69, 9.17) is 0 Å². The monoisotopic (exact) mass is 276 g/mol. The highest BCUT2D eigenvalue weighted by Crippen LogP contribution is 2.58. The van der Waals surface area contributed by atoms with Gasteiger partial charge in [-0.2, -0.15) is 0 Å². The van der Waals surface area contributed by atoms with Crippen molar-refractivity contribution in [1.29, 1.82) is 0 Å². The molecule has 0 amide bonds. The molecule has 112 valence electrons. The molecule has 0 aromatic carbocycles. The van der Waals surface area contributed by atoms with E-state index >= 15 is 0 Å². The van der Waals surface area contributed by atoms with Crippen molar-refractivity contribution in [2.75, 3.05) is 0 Å². The molecule has 2 heteroatoms. The van der Waals surface area contributed by atoms with Gasteiger partial charge in [0, 0.05) is 25.7 Å². The van der Waals surface area contributed by atoms with E-state index in [9.17, 15) is 9.59 Å². The second-order valence-electron chi connectivity index (χ2n) is 7.45. The summed E-state index contributed by atoms with van der Waals surface area (Å²) in [4.78, 5) is 21.7. The molecule has 4 fully saturated rings. The molecule has 4 aliphatic rings.